The van der Waals surface area contributed by atoms with Crippen LogP contribution in [0.15, 0.2) is 0 Å². The molecule has 7 atom stereocenters. The van der Waals surface area contributed by atoms with Gasteiger partial charge in [0, 0.05) is 12.3 Å². The van der Waals surface area contributed by atoms with Crippen LogP contribution in [0.5, 0.6) is 0 Å². The molecule has 0 radical (unpaired) electrons. The molecule has 3 saturated carbocycles. The highest BCUT2D eigenvalue weighted by Gasteiger charge is 2.79. The first-order valence-corrected chi connectivity index (χ1v) is 5.22. The zero-order valence-electron chi connectivity index (χ0n) is 6.90. The Morgan fingerprint density at radius 2 is 2.00 bits per heavy atom. The Labute approximate surface area is 71.2 Å². The van der Waals surface area contributed by atoms with Crippen molar-refractivity contribution in [2.24, 2.45) is 17.8 Å². The van der Waals surface area contributed by atoms with Gasteiger partial charge in [0.25, 0.3) is 0 Å². The van der Waals surface area contributed by atoms with Gasteiger partial charge in [0.05, 0.1) is 23.9 Å². The van der Waals surface area contributed by atoms with Gasteiger partial charge >= 0.3 is 0 Å². The fourth-order valence-electron chi connectivity index (χ4n) is 4.80. The number of rotatable bonds is 0. The van der Waals surface area contributed by atoms with Crippen molar-refractivity contribution in [2.75, 3.05) is 0 Å². The molecule has 2 nitrogen and oxygen atoms in total. The zero-order chi connectivity index (χ0) is 7.50. The predicted molar refractivity (Wildman–Crippen MR) is 40.6 cm³/mol. The third-order valence-corrected chi connectivity index (χ3v) is 5.13. The minimum Gasteiger partial charge on any atom is -0.371 e. The number of ether oxygens (including phenoxy) is 2. The van der Waals surface area contributed by atoms with Crippen molar-refractivity contribution in [1.29, 1.82) is 0 Å². The number of fused-ring (bicyclic) bond motifs is 5. The third-order valence-electron chi connectivity index (χ3n) is 5.13. The van der Waals surface area contributed by atoms with E-state index in [1.165, 1.54) is 19.3 Å². The van der Waals surface area contributed by atoms with Crippen LogP contribution in [0.2, 0.25) is 0 Å². The van der Waals surface area contributed by atoms with Gasteiger partial charge in [-0.2, -0.15) is 0 Å². The molecule has 3 aliphatic heterocycles. The molecule has 0 aromatic rings. The maximum atomic E-state index is 6.01. The largest absolute Gasteiger partial charge is 0.371 e. The van der Waals surface area contributed by atoms with Gasteiger partial charge in [0.2, 0.25) is 0 Å². The first-order valence-electron chi connectivity index (χ1n) is 5.22. The summed E-state index contributed by atoms with van der Waals surface area (Å²) in [6.45, 7) is 0. The molecule has 0 aromatic heterocycles. The van der Waals surface area contributed by atoms with Crippen LogP contribution in [0.25, 0.3) is 0 Å². The second kappa shape index (κ2) is 1.28. The van der Waals surface area contributed by atoms with Gasteiger partial charge in [-0.1, -0.05) is 0 Å². The molecule has 1 spiro atoms. The van der Waals surface area contributed by atoms with Crippen molar-refractivity contribution in [3.8, 4) is 0 Å². The van der Waals surface area contributed by atoms with Crippen LogP contribution in [-0.2, 0) is 9.47 Å². The van der Waals surface area contributed by atoms with E-state index >= 15 is 0 Å². The van der Waals surface area contributed by atoms with E-state index in [1.807, 2.05) is 0 Å². The summed E-state index contributed by atoms with van der Waals surface area (Å²) in [6, 6.07) is 0. The van der Waals surface area contributed by atoms with E-state index in [9.17, 15) is 0 Å². The second-order valence-corrected chi connectivity index (χ2v) is 5.31. The minimum atomic E-state index is 0.354. The van der Waals surface area contributed by atoms with Crippen LogP contribution in [0.1, 0.15) is 19.3 Å². The lowest BCUT2D eigenvalue weighted by atomic mass is 9.77. The van der Waals surface area contributed by atoms with Gasteiger partial charge in [0.1, 0.15) is 0 Å². The lowest BCUT2D eigenvalue weighted by Crippen LogP contribution is -2.51. The van der Waals surface area contributed by atoms with Crippen LogP contribution < -0.4 is 0 Å². The van der Waals surface area contributed by atoms with Crippen molar-refractivity contribution in [2.45, 2.75) is 43.2 Å². The highest BCUT2D eigenvalue weighted by Crippen LogP contribution is 2.73. The summed E-state index contributed by atoms with van der Waals surface area (Å²) in [5, 5.41) is 0. The molecule has 64 valence electrons. The van der Waals surface area contributed by atoms with Crippen LogP contribution in [0.3, 0.4) is 0 Å². The average Bonchev–Trinajstić information content (AvgIpc) is 2.44. The summed E-state index contributed by atoms with van der Waals surface area (Å²) >= 11 is 0. The SMILES string of the molecule is C1C2CC3(O2)C1C1CC3C2OC12. The van der Waals surface area contributed by atoms with Gasteiger partial charge in [-0.05, 0) is 24.7 Å². The molecule has 3 saturated heterocycles. The normalized spacial score (nSPS) is 80.0. The first kappa shape index (κ1) is 5.61. The maximum Gasteiger partial charge on any atom is 0.0900 e. The molecule has 3 aliphatic carbocycles. The molecule has 0 aromatic carbocycles. The molecule has 12 heavy (non-hydrogen) atoms. The molecule has 3 heterocycles. The van der Waals surface area contributed by atoms with E-state index in [4.69, 9.17) is 9.47 Å². The highest BCUT2D eigenvalue weighted by atomic mass is 16.6. The maximum absolute atomic E-state index is 6.01. The molecule has 7 unspecified atom stereocenters. The standard InChI is InChI=1S/C10H12O2/c1-4-3-10(12-4)6(1)5-2-7(10)9-8(5)11-9/h4-9H,1-3H2. The lowest BCUT2D eigenvalue weighted by molar-refractivity contribution is -0.187. The highest BCUT2D eigenvalue weighted by molar-refractivity contribution is 5.27. The van der Waals surface area contributed by atoms with Gasteiger partial charge < -0.3 is 9.47 Å². The van der Waals surface area contributed by atoms with Crippen LogP contribution >= 0.6 is 0 Å². The Kier molecular flexibility index (Phi) is 0.600. The fourth-order valence-corrected chi connectivity index (χ4v) is 4.80. The van der Waals surface area contributed by atoms with Crippen LogP contribution in [-0.4, -0.2) is 23.9 Å². The van der Waals surface area contributed by atoms with Gasteiger partial charge in [0.15, 0.2) is 0 Å². The molecule has 0 N–H and O–H groups in total. The van der Waals surface area contributed by atoms with Crippen molar-refractivity contribution < 1.29 is 9.47 Å². The summed E-state index contributed by atoms with van der Waals surface area (Å²) < 4.78 is 11.7. The monoisotopic (exact) mass is 164 g/mol. The van der Waals surface area contributed by atoms with E-state index in [2.05, 4.69) is 0 Å². The number of hydrogen-bond donors (Lipinski definition) is 0. The Bertz CT molecular complexity index is 275. The second-order valence-electron chi connectivity index (χ2n) is 5.31. The molecule has 6 rings (SSSR count). The zero-order valence-corrected chi connectivity index (χ0v) is 6.90. The van der Waals surface area contributed by atoms with E-state index in [-0.39, 0.29) is 0 Å². The smallest absolute Gasteiger partial charge is 0.0900 e. The molecule has 2 heteroatoms. The Balaban J connectivity index is 1.74. The molecular formula is C10H12O2. The minimum absolute atomic E-state index is 0.354. The molecule has 0 amide bonds. The summed E-state index contributed by atoms with van der Waals surface area (Å²) in [6.07, 6.45) is 6.10. The molecule has 6 aliphatic rings. The van der Waals surface area contributed by atoms with Crippen molar-refractivity contribution in [3.63, 3.8) is 0 Å². The Morgan fingerprint density at radius 1 is 1.08 bits per heavy atom. The van der Waals surface area contributed by atoms with Gasteiger partial charge in [-0.25, -0.2) is 0 Å². The van der Waals surface area contributed by atoms with Crippen LogP contribution in [0, 0.1) is 17.8 Å². The van der Waals surface area contributed by atoms with Crippen molar-refractivity contribution in [3.05, 3.63) is 0 Å². The van der Waals surface area contributed by atoms with Crippen LogP contribution in [0.4, 0.5) is 0 Å². The quantitative estimate of drug-likeness (QED) is 0.497. The fraction of sp³-hybridized carbons (Fsp3) is 1.00. The molecule has 4 bridgehead atoms. The summed E-state index contributed by atoms with van der Waals surface area (Å²) in [4.78, 5) is 0. The van der Waals surface area contributed by atoms with Gasteiger partial charge in [-0.3, -0.25) is 0 Å². The predicted octanol–water partition coefficient (Wildman–Crippen LogP) is 0.951. The Morgan fingerprint density at radius 3 is 2.92 bits per heavy atom. The number of hydrogen-bond acceptors (Lipinski definition) is 2. The number of epoxide rings is 1. The molecular weight excluding hydrogens is 152 g/mol. The van der Waals surface area contributed by atoms with Crippen molar-refractivity contribution in [1.82, 2.24) is 0 Å². The average molecular weight is 164 g/mol. The first-order chi connectivity index (χ1) is 5.88. The summed E-state index contributed by atoms with van der Waals surface area (Å²) in [7, 11) is 0. The summed E-state index contributed by atoms with van der Waals surface area (Å²) in [5.41, 5.74) is 0.354. The summed E-state index contributed by atoms with van der Waals surface area (Å²) in [5.74, 6) is 2.60. The van der Waals surface area contributed by atoms with Gasteiger partial charge in [-0.15, -0.1) is 0 Å². The van der Waals surface area contributed by atoms with E-state index in [0.29, 0.717) is 23.9 Å². The topological polar surface area (TPSA) is 21.8 Å². The third kappa shape index (κ3) is 0.344. The lowest BCUT2D eigenvalue weighted by Gasteiger charge is -2.43. The Hall–Kier alpha value is -0.0800. The van der Waals surface area contributed by atoms with E-state index in [0.717, 1.165) is 17.8 Å². The molecule has 6 fully saturated rings. The van der Waals surface area contributed by atoms with E-state index < -0.39 is 0 Å². The van der Waals surface area contributed by atoms with E-state index in [1.54, 1.807) is 0 Å². The van der Waals surface area contributed by atoms with Crippen molar-refractivity contribution >= 4 is 0 Å².